The first-order valence-corrected chi connectivity index (χ1v) is 12.2. The lowest BCUT2D eigenvalue weighted by Gasteiger charge is -2.26. The van der Waals surface area contributed by atoms with E-state index in [1.807, 2.05) is 28.9 Å². The summed E-state index contributed by atoms with van der Waals surface area (Å²) in [6.07, 6.45) is 6.36. The third kappa shape index (κ3) is 5.15. The molecule has 0 amide bonds. The minimum Gasteiger partial charge on any atom is -0.508 e. The number of piperidine rings is 1. The van der Waals surface area contributed by atoms with E-state index in [0.29, 0.717) is 0 Å². The summed E-state index contributed by atoms with van der Waals surface area (Å²) < 4.78 is 1.88. The van der Waals surface area contributed by atoms with Crippen LogP contribution in [0.25, 0.3) is 28.2 Å². The average molecular weight is 454 g/mol. The van der Waals surface area contributed by atoms with Gasteiger partial charge in [0.1, 0.15) is 11.5 Å². The number of aromatic nitrogens is 2. The topological polar surface area (TPSA) is 61.5 Å². The van der Waals surface area contributed by atoms with Gasteiger partial charge in [0, 0.05) is 11.1 Å². The van der Waals surface area contributed by atoms with Gasteiger partial charge in [0.25, 0.3) is 0 Å². The normalized spacial score (nSPS) is 14.4. The highest BCUT2D eigenvalue weighted by Gasteiger charge is 2.14. The van der Waals surface area contributed by atoms with Gasteiger partial charge >= 0.3 is 0 Å². The van der Waals surface area contributed by atoms with Crippen molar-refractivity contribution in [3.63, 3.8) is 0 Å². The van der Waals surface area contributed by atoms with Crippen molar-refractivity contribution in [2.75, 3.05) is 19.6 Å². The van der Waals surface area contributed by atoms with Gasteiger partial charge < -0.3 is 15.1 Å². The van der Waals surface area contributed by atoms with Crippen LogP contribution in [0.4, 0.5) is 0 Å². The molecule has 0 bridgehead atoms. The van der Waals surface area contributed by atoms with Crippen molar-refractivity contribution in [3.8, 4) is 39.7 Å². The average Bonchev–Trinajstić information content (AvgIpc) is 3.31. The van der Waals surface area contributed by atoms with Crippen molar-refractivity contribution < 1.29 is 10.2 Å². The highest BCUT2D eigenvalue weighted by molar-refractivity contribution is 5.71. The maximum Gasteiger partial charge on any atom is 0.115 e. The molecule has 1 aliphatic heterocycles. The molecule has 0 saturated carbocycles. The highest BCUT2D eigenvalue weighted by atomic mass is 16.3. The van der Waals surface area contributed by atoms with Crippen LogP contribution in [-0.4, -0.2) is 44.5 Å². The molecule has 5 heteroatoms. The number of rotatable bonds is 7. The first kappa shape index (κ1) is 22.2. The Kier molecular flexibility index (Phi) is 6.63. The zero-order chi connectivity index (χ0) is 23.3. The summed E-state index contributed by atoms with van der Waals surface area (Å²) in [4.78, 5) is 2.60. The van der Waals surface area contributed by atoms with E-state index in [1.54, 1.807) is 24.3 Å². The third-order valence-corrected chi connectivity index (χ3v) is 6.60. The monoisotopic (exact) mass is 453 g/mol. The second kappa shape index (κ2) is 10.1. The maximum atomic E-state index is 9.71. The molecule has 0 spiro atoms. The third-order valence-electron chi connectivity index (χ3n) is 6.60. The van der Waals surface area contributed by atoms with E-state index in [-0.39, 0.29) is 11.5 Å². The molecule has 34 heavy (non-hydrogen) atoms. The smallest absolute Gasteiger partial charge is 0.115 e. The Bertz CT molecular complexity index is 1140. The summed E-state index contributed by atoms with van der Waals surface area (Å²) >= 11 is 0. The molecule has 0 unspecified atom stereocenters. The van der Waals surface area contributed by atoms with Crippen LogP contribution in [0.15, 0.2) is 78.9 Å². The molecular formula is C29H31N3O2. The minimum atomic E-state index is 0.221. The summed E-state index contributed by atoms with van der Waals surface area (Å²) in [5.74, 6) is 0.453. The van der Waals surface area contributed by atoms with Gasteiger partial charge in [0.05, 0.1) is 17.1 Å². The van der Waals surface area contributed by atoms with Crippen LogP contribution in [0.3, 0.4) is 0 Å². The van der Waals surface area contributed by atoms with E-state index in [2.05, 4.69) is 35.2 Å². The number of phenolic OH excluding ortho intramolecular Hbond substituents is 2. The van der Waals surface area contributed by atoms with E-state index in [9.17, 15) is 10.2 Å². The molecule has 1 aromatic heterocycles. The van der Waals surface area contributed by atoms with Gasteiger partial charge in [-0.25, -0.2) is 4.68 Å². The number of nitrogens with zero attached hydrogens (tertiary/aromatic N) is 3. The zero-order valence-corrected chi connectivity index (χ0v) is 19.4. The number of hydrogen-bond donors (Lipinski definition) is 2. The molecule has 2 heterocycles. The van der Waals surface area contributed by atoms with Crippen LogP contribution in [0, 0.1) is 0 Å². The fourth-order valence-electron chi connectivity index (χ4n) is 4.68. The quantitative estimate of drug-likeness (QED) is 0.358. The summed E-state index contributed by atoms with van der Waals surface area (Å²) in [6, 6.07) is 25.0. The Morgan fingerprint density at radius 3 is 2.00 bits per heavy atom. The maximum absolute atomic E-state index is 9.71. The summed E-state index contributed by atoms with van der Waals surface area (Å²) in [5.41, 5.74) is 6.05. The Balaban J connectivity index is 1.37. The van der Waals surface area contributed by atoms with Crippen molar-refractivity contribution in [1.82, 2.24) is 14.7 Å². The molecule has 0 radical (unpaired) electrons. The van der Waals surface area contributed by atoms with Gasteiger partial charge in [-0.15, -0.1) is 0 Å². The first-order chi connectivity index (χ1) is 16.7. The number of phenols is 2. The molecule has 0 atom stereocenters. The van der Waals surface area contributed by atoms with Crippen molar-refractivity contribution in [2.45, 2.75) is 32.1 Å². The lowest BCUT2D eigenvalue weighted by molar-refractivity contribution is 0.226. The highest BCUT2D eigenvalue weighted by Crippen LogP contribution is 2.30. The van der Waals surface area contributed by atoms with E-state index < -0.39 is 0 Å². The van der Waals surface area contributed by atoms with Crippen LogP contribution < -0.4 is 0 Å². The summed E-state index contributed by atoms with van der Waals surface area (Å²) in [6.45, 7) is 3.70. The van der Waals surface area contributed by atoms with Crippen LogP contribution in [0.1, 0.15) is 31.2 Å². The second-order valence-electron chi connectivity index (χ2n) is 9.09. The van der Waals surface area contributed by atoms with Crippen molar-refractivity contribution in [1.29, 1.82) is 0 Å². The van der Waals surface area contributed by atoms with Crippen LogP contribution in [-0.2, 0) is 6.42 Å². The molecule has 0 aliphatic carbocycles. The predicted molar refractivity (Wildman–Crippen MR) is 136 cm³/mol. The first-order valence-electron chi connectivity index (χ1n) is 12.2. The largest absolute Gasteiger partial charge is 0.508 e. The standard InChI is InChI=1S/C29H31N3O2/c33-26-14-10-24(11-15-26)29-21-28(30-32(29)25-12-16-27(34)17-13-25)23-8-6-22(7-9-23)5-4-20-31-18-2-1-3-19-31/h6-17,21,33-34H,1-5,18-20H2. The van der Waals surface area contributed by atoms with E-state index in [4.69, 9.17) is 5.10 Å². The van der Waals surface area contributed by atoms with Gasteiger partial charge in [-0.2, -0.15) is 5.10 Å². The fraction of sp³-hybridized carbons (Fsp3) is 0.276. The Labute approximate surface area is 200 Å². The SMILES string of the molecule is Oc1ccc(-c2cc(-c3ccc(CCCN4CCCCC4)cc3)nn2-c2ccc(O)cc2)cc1. The van der Waals surface area contributed by atoms with Crippen molar-refractivity contribution >= 4 is 0 Å². The molecule has 1 fully saturated rings. The molecule has 1 saturated heterocycles. The minimum absolute atomic E-state index is 0.221. The molecule has 2 N–H and O–H groups in total. The van der Waals surface area contributed by atoms with Gasteiger partial charge in [-0.3, -0.25) is 0 Å². The Morgan fingerprint density at radius 1 is 0.706 bits per heavy atom. The fourth-order valence-corrected chi connectivity index (χ4v) is 4.68. The number of hydrogen-bond acceptors (Lipinski definition) is 4. The second-order valence-corrected chi connectivity index (χ2v) is 9.09. The number of benzene rings is 3. The van der Waals surface area contributed by atoms with Gasteiger partial charge in [0.2, 0.25) is 0 Å². The lowest BCUT2D eigenvalue weighted by atomic mass is 10.0. The van der Waals surface area contributed by atoms with Crippen LogP contribution >= 0.6 is 0 Å². The van der Waals surface area contributed by atoms with Crippen molar-refractivity contribution in [3.05, 3.63) is 84.4 Å². The number of likely N-dealkylation sites (tertiary alicyclic amines) is 1. The predicted octanol–water partition coefficient (Wildman–Crippen LogP) is 6.04. The van der Waals surface area contributed by atoms with Crippen molar-refractivity contribution in [2.24, 2.45) is 0 Å². The van der Waals surface area contributed by atoms with Gasteiger partial charge in [-0.1, -0.05) is 30.7 Å². The zero-order valence-electron chi connectivity index (χ0n) is 19.4. The molecular weight excluding hydrogens is 422 g/mol. The number of aryl methyl sites for hydroxylation is 1. The van der Waals surface area contributed by atoms with Gasteiger partial charge in [0.15, 0.2) is 0 Å². The van der Waals surface area contributed by atoms with E-state index >= 15 is 0 Å². The van der Waals surface area contributed by atoms with Crippen LogP contribution in [0.2, 0.25) is 0 Å². The molecule has 3 aromatic carbocycles. The molecule has 1 aliphatic rings. The lowest BCUT2D eigenvalue weighted by Crippen LogP contribution is -2.30. The Morgan fingerprint density at radius 2 is 1.32 bits per heavy atom. The molecule has 5 nitrogen and oxygen atoms in total. The Hall–Kier alpha value is -3.57. The van der Waals surface area contributed by atoms with E-state index in [1.165, 1.54) is 50.9 Å². The van der Waals surface area contributed by atoms with E-state index in [0.717, 1.165) is 34.6 Å². The number of aromatic hydroxyl groups is 2. The molecule has 5 rings (SSSR count). The molecule has 174 valence electrons. The summed E-state index contributed by atoms with van der Waals surface area (Å²) in [5, 5.41) is 24.3. The van der Waals surface area contributed by atoms with Gasteiger partial charge in [-0.05, 0) is 105 Å². The molecule has 4 aromatic rings. The summed E-state index contributed by atoms with van der Waals surface area (Å²) in [7, 11) is 0. The van der Waals surface area contributed by atoms with Crippen LogP contribution in [0.5, 0.6) is 11.5 Å².